The molecule has 2 aliphatic heterocycles. The molecular weight excluding hydrogens is 352 g/mol. The number of nitrogens with zero attached hydrogens (tertiary/aromatic N) is 3. The number of carbonyl (C=O) groups is 1. The molecule has 1 atom stereocenters. The molecule has 1 unspecified atom stereocenters. The van der Waals surface area contributed by atoms with E-state index in [2.05, 4.69) is 44.4 Å². The lowest BCUT2D eigenvalue weighted by molar-refractivity contribution is 0.0936. The molecule has 0 radical (unpaired) electrons. The zero-order valence-corrected chi connectivity index (χ0v) is 16.2. The van der Waals surface area contributed by atoms with E-state index >= 15 is 0 Å². The summed E-state index contributed by atoms with van der Waals surface area (Å²) < 4.78 is 5.43. The normalized spacial score (nSPS) is 18.8. The van der Waals surface area contributed by atoms with E-state index in [1.54, 1.807) is 6.20 Å². The Morgan fingerprint density at radius 3 is 2.54 bits per heavy atom. The molecule has 2 fully saturated rings. The van der Waals surface area contributed by atoms with Crippen molar-refractivity contribution in [1.29, 1.82) is 0 Å². The average Bonchev–Trinajstić information content (AvgIpc) is 3.30. The van der Waals surface area contributed by atoms with Crippen LogP contribution >= 0.6 is 0 Å². The number of ether oxygens (including phenoxy) is 1. The van der Waals surface area contributed by atoms with E-state index in [0.717, 1.165) is 32.0 Å². The molecule has 0 aliphatic carbocycles. The van der Waals surface area contributed by atoms with Crippen molar-refractivity contribution >= 4 is 11.7 Å². The van der Waals surface area contributed by atoms with Gasteiger partial charge in [0.25, 0.3) is 5.91 Å². The third kappa shape index (κ3) is 4.34. The Morgan fingerprint density at radius 1 is 1.04 bits per heavy atom. The van der Waals surface area contributed by atoms with E-state index in [9.17, 15) is 4.79 Å². The Balaban J connectivity index is 1.48. The molecule has 28 heavy (non-hydrogen) atoms. The zero-order valence-electron chi connectivity index (χ0n) is 16.2. The number of hydrogen-bond acceptors (Lipinski definition) is 5. The van der Waals surface area contributed by atoms with Crippen LogP contribution in [0.2, 0.25) is 0 Å². The highest BCUT2D eigenvalue weighted by Gasteiger charge is 2.25. The molecule has 3 heterocycles. The SMILES string of the molecule is O=C(NCC(c1ccccc1)N1CCCC1)c1cccnc1N1CCOCC1. The molecule has 1 amide bonds. The lowest BCUT2D eigenvalue weighted by Gasteiger charge is -2.30. The van der Waals surface area contributed by atoms with Crippen LogP contribution in [-0.2, 0) is 4.74 Å². The fourth-order valence-corrected chi connectivity index (χ4v) is 4.07. The molecule has 6 heteroatoms. The summed E-state index contributed by atoms with van der Waals surface area (Å²) in [7, 11) is 0. The zero-order chi connectivity index (χ0) is 19.2. The molecule has 0 spiro atoms. The second-order valence-corrected chi connectivity index (χ2v) is 7.35. The minimum atomic E-state index is -0.0604. The molecule has 4 rings (SSSR count). The number of hydrogen-bond donors (Lipinski definition) is 1. The summed E-state index contributed by atoms with van der Waals surface area (Å²) in [5, 5.41) is 3.18. The van der Waals surface area contributed by atoms with Gasteiger partial charge in [-0.25, -0.2) is 4.98 Å². The third-order valence-electron chi connectivity index (χ3n) is 5.56. The van der Waals surface area contributed by atoms with Gasteiger partial charge in [-0.05, 0) is 43.6 Å². The second-order valence-electron chi connectivity index (χ2n) is 7.35. The standard InChI is InChI=1S/C22H28N4O2/c27-22(19-9-6-10-23-21(19)26-13-15-28-16-14-26)24-17-20(25-11-4-5-12-25)18-7-2-1-3-8-18/h1-3,6-10,20H,4-5,11-17H2,(H,24,27). The number of likely N-dealkylation sites (tertiary alicyclic amines) is 1. The van der Waals surface area contributed by atoms with Crippen LogP contribution in [0.1, 0.15) is 34.8 Å². The summed E-state index contributed by atoms with van der Waals surface area (Å²) in [5.74, 6) is 0.690. The molecule has 2 aliphatic rings. The number of benzene rings is 1. The van der Waals surface area contributed by atoms with Crippen LogP contribution in [-0.4, -0.2) is 61.7 Å². The van der Waals surface area contributed by atoms with Crippen LogP contribution < -0.4 is 10.2 Å². The van der Waals surface area contributed by atoms with E-state index in [-0.39, 0.29) is 11.9 Å². The molecule has 1 N–H and O–H groups in total. The maximum Gasteiger partial charge on any atom is 0.255 e. The maximum absolute atomic E-state index is 13.0. The summed E-state index contributed by atoms with van der Waals surface area (Å²) in [6.45, 7) is 5.63. The van der Waals surface area contributed by atoms with Crippen LogP contribution in [0.4, 0.5) is 5.82 Å². The average molecular weight is 380 g/mol. The van der Waals surface area contributed by atoms with Gasteiger partial charge in [-0.3, -0.25) is 9.69 Å². The van der Waals surface area contributed by atoms with Crippen LogP contribution in [0, 0.1) is 0 Å². The van der Waals surface area contributed by atoms with Crippen molar-refractivity contribution in [3.05, 3.63) is 59.8 Å². The van der Waals surface area contributed by atoms with Crippen LogP contribution in [0.15, 0.2) is 48.7 Å². The molecule has 6 nitrogen and oxygen atoms in total. The number of rotatable bonds is 6. The second kappa shape index (κ2) is 9.17. The highest BCUT2D eigenvalue weighted by Crippen LogP contribution is 2.25. The third-order valence-corrected chi connectivity index (χ3v) is 5.56. The number of amides is 1. The largest absolute Gasteiger partial charge is 0.378 e. The quantitative estimate of drug-likeness (QED) is 0.834. The lowest BCUT2D eigenvalue weighted by atomic mass is 10.1. The number of nitrogens with one attached hydrogen (secondary N) is 1. The van der Waals surface area contributed by atoms with Crippen molar-refractivity contribution in [2.45, 2.75) is 18.9 Å². The van der Waals surface area contributed by atoms with Crippen molar-refractivity contribution in [3.8, 4) is 0 Å². The minimum absolute atomic E-state index is 0.0604. The van der Waals surface area contributed by atoms with Crippen molar-refractivity contribution in [2.24, 2.45) is 0 Å². The minimum Gasteiger partial charge on any atom is -0.378 e. The van der Waals surface area contributed by atoms with Gasteiger partial charge in [0.15, 0.2) is 0 Å². The Hall–Kier alpha value is -2.44. The van der Waals surface area contributed by atoms with Gasteiger partial charge in [-0.15, -0.1) is 0 Å². The van der Waals surface area contributed by atoms with Gasteiger partial charge in [0, 0.05) is 25.8 Å². The molecule has 1 aromatic heterocycles. The maximum atomic E-state index is 13.0. The molecule has 0 saturated carbocycles. The van der Waals surface area contributed by atoms with Crippen LogP contribution in [0.25, 0.3) is 0 Å². The highest BCUT2D eigenvalue weighted by molar-refractivity contribution is 5.98. The van der Waals surface area contributed by atoms with Gasteiger partial charge in [0.2, 0.25) is 0 Å². The Morgan fingerprint density at radius 2 is 1.79 bits per heavy atom. The smallest absolute Gasteiger partial charge is 0.255 e. The predicted octanol–water partition coefficient (Wildman–Crippen LogP) is 2.49. The fourth-order valence-electron chi connectivity index (χ4n) is 4.07. The van der Waals surface area contributed by atoms with E-state index in [0.29, 0.717) is 25.3 Å². The first-order chi connectivity index (χ1) is 13.8. The van der Waals surface area contributed by atoms with Gasteiger partial charge in [0.05, 0.1) is 24.8 Å². The van der Waals surface area contributed by atoms with E-state index < -0.39 is 0 Å². The van der Waals surface area contributed by atoms with Crippen molar-refractivity contribution in [3.63, 3.8) is 0 Å². The number of pyridine rings is 1. The summed E-state index contributed by atoms with van der Waals surface area (Å²) in [6.07, 6.45) is 4.20. The summed E-state index contributed by atoms with van der Waals surface area (Å²) >= 11 is 0. The molecule has 0 bridgehead atoms. The van der Waals surface area contributed by atoms with Crippen molar-refractivity contribution in [2.75, 3.05) is 50.8 Å². The molecule has 2 aromatic rings. The highest BCUT2D eigenvalue weighted by atomic mass is 16.5. The first-order valence-electron chi connectivity index (χ1n) is 10.2. The predicted molar refractivity (Wildman–Crippen MR) is 110 cm³/mol. The first kappa shape index (κ1) is 18.9. The first-order valence-corrected chi connectivity index (χ1v) is 10.2. The van der Waals surface area contributed by atoms with E-state index in [1.807, 2.05) is 18.2 Å². The van der Waals surface area contributed by atoms with Gasteiger partial charge < -0.3 is 15.0 Å². The molecule has 2 saturated heterocycles. The fraction of sp³-hybridized carbons (Fsp3) is 0.455. The number of anilines is 1. The Bertz CT molecular complexity index is 771. The molecular formula is C22H28N4O2. The van der Waals surface area contributed by atoms with Crippen LogP contribution in [0.5, 0.6) is 0 Å². The van der Waals surface area contributed by atoms with E-state index in [1.165, 1.54) is 18.4 Å². The van der Waals surface area contributed by atoms with Crippen molar-refractivity contribution in [1.82, 2.24) is 15.2 Å². The number of carbonyl (C=O) groups excluding carboxylic acids is 1. The van der Waals surface area contributed by atoms with Crippen molar-refractivity contribution < 1.29 is 9.53 Å². The monoisotopic (exact) mass is 380 g/mol. The lowest BCUT2D eigenvalue weighted by Crippen LogP contribution is -2.40. The topological polar surface area (TPSA) is 57.7 Å². The summed E-state index contributed by atoms with van der Waals surface area (Å²) in [6, 6.07) is 14.4. The van der Waals surface area contributed by atoms with E-state index in [4.69, 9.17) is 4.74 Å². The van der Waals surface area contributed by atoms with Gasteiger partial charge in [-0.1, -0.05) is 30.3 Å². The van der Waals surface area contributed by atoms with Gasteiger partial charge in [0.1, 0.15) is 5.82 Å². The number of aromatic nitrogens is 1. The molecule has 1 aromatic carbocycles. The number of morpholine rings is 1. The summed E-state index contributed by atoms with van der Waals surface area (Å²) in [5.41, 5.74) is 1.89. The Kier molecular flexibility index (Phi) is 6.19. The summed E-state index contributed by atoms with van der Waals surface area (Å²) in [4.78, 5) is 22.1. The molecule has 148 valence electrons. The van der Waals surface area contributed by atoms with Crippen LogP contribution in [0.3, 0.4) is 0 Å². The van der Waals surface area contributed by atoms with Gasteiger partial charge in [-0.2, -0.15) is 0 Å². The Labute approximate surface area is 166 Å². The van der Waals surface area contributed by atoms with Gasteiger partial charge >= 0.3 is 0 Å².